The average Bonchev–Trinajstić information content (AvgIpc) is 2.83. The SMILES string of the molecule is CCOc1cc(C(=S)N2CCOCC2)ccc1OC(=O)/C=C/c1ccc(OC)c(OC)c1. The van der Waals surface area contributed by atoms with Crippen molar-refractivity contribution in [1.82, 2.24) is 4.90 Å². The maximum Gasteiger partial charge on any atom is 0.336 e. The Morgan fingerprint density at radius 3 is 2.44 bits per heavy atom. The third kappa shape index (κ3) is 5.99. The Morgan fingerprint density at radius 1 is 1.03 bits per heavy atom. The highest BCUT2D eigenvalue weighted by molar-refractivity contribution is 7.80. The van der Waals surface area contributed by atoms with E-state index in [1.807, 2.05) is 25.1 Å². The number of ether oxygens (including phenoxy) is 5. The van der Waals surface area contributed by atoms with E-state index in [9.17, 15) is 4.79 Å². The lowest BCUT2D eigenvalue weighted by Gasteiger charge is -2.29. The summed E-state index contributed by atoms with van der Waals surface area (Å²) >= 11 is 5.63. The molecular weight excluding hydrogens is 430 g/mol. The minimum absolute atomic E-state index is 0.335. The van der Waals surface area contributed by atoms with Crippen LogP contribution in [0.15, 0.2) is 42.5 Å². The number of morpholine rings is 1. The first-order valence-corrected chi connectivity index (χ1v) is 10.7. The molecular formula is C24H27NO6S. The summed E-state index contributed by atoms with van der Waals surface area (Å²) in [5.74, 6) is 1.47. The number of nitrogens with zero attached hydrogens (tertiary/aromatic N) is 1. The molecule has 1 aliphatic rings. The number of carbonyl (C=O) groups excluding carboxylic acids is 1. The van der Waals surface area contributed by atoms with Crippen molar-refractivity contribution in [3.63, 3.8) is 0 Å². The Labute approximate surface area is 193 Å². The molecule has 0 saturated carbocycles. The van der Waals surface area contributed by atoms with Crippen LogP contribution < -0.4 is 18.9 Å². The van der Waals surface area contributed by atoms with E-state index in [0.29, 0.717) is 42.8 Å². The lowest BCUT2D eigenvalue weighted by atomic mass is 10.1. The van der Waals surface area contributed by atoms with Crippen molar-refractivity contribution in [3.05, 3.63) is 53.6 Å². The van der Waals surface area contributed by atoms with E-state index in [-0.39, 0.29) is 0 Å². The fourth-order valence-electron chi connectivity index (χ4n) is 3.21. The second-order valence-corrected chi connectivity index (χ2v) is 7.25. The molecule has 8 heteroatoms. The second-order valence-electron chi connectivity index (χ2n) is 6.87. The first kappa shape index (κ1) is 23.6. The molecule has 0 amide bonds. The predicted molar refractivity (Wildman–Crippen MR) is 126 cm³/mol. The molecule has 0 spiro atoms. The van der Waals surface area contributed by atoms with Gasteiger partial charge in [-0.15, -0.1) is 0 Å². The van der Waals surface area contributed by atoms with Gasteiger partial charge in [0, 0.05) is 24.7 Å². The van der Waals surface area contributed by atoms with Gasteiger partial charge in [-0.05, 0) is 48.9 Å². The Morgan fingerprint density at radius 2 is 1.75 bits per heavy atom. The summed E-state index contributed by atoms with van der Waals surface area (Å²) < 4.78 is 27.1. The van der Waals surface area contributed by atoms with Crippen LogP contribution in [0.4, 0.5) is 0 Å². The van der Waals surface area contributed by atoms with Gasteiger partial charge in [-0.25, -0.2) is 4.79 Å². The number of hydrogen-bond donors (Lipinski definition) is 0. The Kier molecular flexibility index (Phi) is 8.47. The fourth-order valence-corrected chi connectivity index (χ4v) is 3.52. The molecule has 0 N–H and O–H groups in total. The molecule has 0 aromatic heterocycles. The van der Waals surface area contributed by atoms with Crippen molar-refractivity contribution in [1.29, 1.82) is 0 Å². The Bertz CT molecular complexity index is 984. The molecule has 1 heterocycles. The highest BCUT2D eigenvalue weighted by Gasteiger charge is 2.18. The number of carbonyl (C=O) groups is 1. The monoisotopic (exact) mass is 457 g/mol. The van der Waals surface area contributed by atoms with Gasteiger partial charge in [0.25, 0.3) is 0 Å². The van der Waals surface area contributed by atoms with Crippen LogP contribution in [0.25, 0.3) is 6.08 Å². The maximum atomic E-state index is 12.4. The summed E-state index contributed by atoms with van der Waals surface area (Å²) in [6.07, 6.45) is 3.00. The zero-order valence-corrected chi connectivity index (χ0v) is 19.3. The number of benzene rings is 2. The highest BCUT2D eigenvalue weighted by Crippen LogP contribution is 2.30. The number of hydrogen-bond acceptors (Lipinski definition) is 7. The van der Waals surface area contributed by atoms with Crippen LogP contribution in [-0.2, 0) is 9.53 Å². The van der Waals surface area contributed by atoms with Crippen LogP contribution in [0.2, 0.25) is 0 Å². The van der Waals surface area contributed by atoms with Gasteiger partial charge in [0.2, 0.25) is 0 Å². The van der Waals surface area contributed by atoms with Crippen molar-refractivity contribution in [2.75, 3.05) is 47.1 Å². The molecule has 0 atom stereocenters. The summed E-state index contributed by atoms with van der Waals surface area (Å²) in [5, 5.41) is 0. The number of methoxy groups -OCH3 is 2. The van der Waals surface area contributed by atoms with E-state index in [1.165, 1.54) is 6.08 Å². The fraction of sp³-hybridized carbons (Fsp3) is 0.333. The molecule has 0 radical (unpaired) electrons. The third-order valence-corrected chi connectivity index (χ3v) is 5.31. The molecule has 170 valence electrons. The van der Waals surface area contributed by atoms with E-state index in [1.54, 1.807) is 38.5 Å². The lowest BCUT2D eigenvalue weighted by Crippen LogP contribution is -2.40. The molecule has 2 aromatic carbocycles. The molecule has 1 aliphatic heterocycles. The third-order valence-electron chi connectivity index (χ3n) is 4.82. The van der Waals surface area contributed by atoms with Crippen molar-refractivity contribution in [2.24, 2.45) is 0 Å². The topological polar surface area (TPSA) is 66.5 Å². The molecule has 0 unspecified atom stereocenters. The second kappa shape index (κ2) is 11.5. The zero-order valence-electron chi connectivity index (χ0n) is 18.5. The van der Waals surface area contributed by atoms with Gasteiger partial charge in [-0.3, -0.25) is 0 Å². The molecule has 2 aromatic rings. The van der Waals surface area contributed by atoms with Crippen LogP contribution in [0.1, 0.15) is 18.1 Å². The van der Waals surface area contributed by atoms with E-state index < -0.39 is 5.97 Å². The number of rotatable bonds is 8. The van der Waals surface area contributed by atoms with Crippen LogP contribution in [0.5, 0.6) is 23.0 Å². The predicted octanol–water partition coefficient (Wildman–Crippen LogP) is 3.73. The summed E-state index contributed by atoms with van der Waals surface area (Å²) in [6, 6.07) is 10.7. The van der Waals surface area contributed by atoms with E-state index in [2.05, 4.69) is 4.90 Å². The molecule has 0 bridgehead atoms. The molecule has 1 saturated heterocycles. The quantitative estimate of drug-likeness (QED) is 0.257. The summed E-state index contributed by atoms with van der Waals surface area (Å²) in [4.78, 5) is 15.2. The van der Waals surface area contributed by atoms with Crippen molar-refractivity contribution in [2.45, 2.75) is 6.92 Å². The largest absolute Gasteiger partial charge is 0.493 e. The average molecular weight is 458 g/mol. The normalized spacial score (nSPS) is 13.7. The first-order valence-electron chi connectivity index (χ1n) is 10.3. The van der Waals surface area contributed by atoms with E-state index in [4.69, 9.17) is 35.9 Å². The van der Waals surface area contributed by atoms with Gasteiger partial charge in [-0.1, -0.05) is 18.3 Å². The first-order chi connectivity index (χ1) is 15.5. The number of esters is 1. The summed E-state index contributed by atoms with van der Waals surface area (Å²) in [5.41, 5.74) is 1.61. The van der Waals surface area contributed by atoms with Crippen LogP contribution in [0.3, 0.4) is 0 Å². The van der Waals surface area contributed by atoms with Crippen LogP contribution >= 0.6 is 12.2 Å². The minimum Gasteiger partial charge on any atom is -0.493 e. The van der Waals surface area contributed by atoms with Gasteiger partial charge >= 0.3 is 5.97 Å². The van der Waals surface area contributed by atoms with E-state index >= 15 is 0 Å². The highest BCUT2D eigenvalue weighted by atomic mass is 32.1. The van der Waals surface area contributed by atoms with Gasteiger partial charge in [0.05, 0.1) is 34.0 Å². The van der Waals surface area contributed by atoms with Crippen LogP contribution in [0, 0.1) is 0 Å². The maximum absolute atomic E-state index is 12.4. The van der Waals surface area contributed by atoms with Crippen molar-refractivity contribution in [3.8, 4) is 23.0 Å². The molecule has 3 rings (SSSR count). The molecule has 0 aliphatic carbocycles. The van der Waals surface area contributed by atoms with Crippen molar-refractivity contribution >= 4 is 29.3 Å². The van der Waals surface area contributed by atoms with Crippen LogP contribution in [-0.4, -0.2) is 63.0 Å². The zero-order chi connectivity index (χ0) is 22.9. The lowest BCUT2D eigenvalue weighted by molar-refractivity contribution is -0.129. The Balaban J connectivity index is 1.72. The van der Waals surface area contributed by atoms with Gasteiger partial charge in [0.15, 0.2) is 23.0 Å². The van der Waals surface area contributed by atoms with Crippen molar-refractivity contribution < 1.29 is 28.5 Å². The Hall–Kier alpha value is -3.10. The number of thiocarbonyl (C=S) groups is 1. The summed E-state index contributed by atoms with van der Waals surface area (Å²) in [6.45, 7) is 5.11. The van der Waals surface area contributed by atoms with E-state index in [0.717, 1.165) is 29.2 Å². The van der Waals surface area contributed by atoms with Gasteiger partial charge in [0.1, 0.15) is 4.99 Å². The van der Waals surface area contributed by atoms with Gasteiger partial charge < -0.3 is 28.6 Å². The molecule has 1 fully saturated rings. The standard InChI is InChI=1S/C24H27NO6S/c1-4-30-22-16-18(24(32)25-11-13-29-14-12-25)7-9-20(22)31-23(26)10-6-17-5-8-19(27-2)21(15-17)28-3/h5-10,15-16H,4,11-14H2,1-3H3/b10-6+. The summed E-state index contributed by atoms with van der Waals surface area (Å²) in [7, 11) is 3.13. The molecule has 7 nitrogen and oxygen atoms in total. The molecule has 32 heavy (non-hydrogen) atoms. The smallest absolute Gasteiger partial charge is 0.336 e. The minimum atomic E-state index is -0.524. The van der Waals surface area contributed by atoms with Gasteiger partial charge in [-0.2, -0.15) is 0 Å².